The summed E-state index contributed by atoms with van der Waals surface area (Å²) < 4.78 is 16.3. The number of methoxy groups -OCH3 is 1. The Morgan fingerprint density at radius 3 is 2.58 bits per heavy atom. The van der Waals surface area contributed by atoms with Gasteiger partial charge in [0, 0.05) is 29.0 Å². The van der Waals surface area contributed by atoms with Crippen molar-refractivity contribution in [2.45, 2.75) is 19.8 Å². The lowest BCUT2D eigenvalue weighted by Crippen LogP contribution is -2.41. The molecule has 2 N–H and O–H groups in total. The highest BCUT2D eigenvalue weighted by atomic mass is 35.5. The van der Waals surface area contributed by atoms with Gasteiger partial charge < -0.3 is 13.9 Å². The third-order valence-electron chi connectivity index (χ3n) is 4.29. The number of carbonyl (C=O) groups is 2. The van der Waals surface area contributed by atoms with Gasteiger partial charge in [0.2, 0.25) is 5.91 Å². The van der Waals surface area contributed by atoms with Crippen molar-refractivity contribution in [1.29, 1.82) is 0 Å². The lowest BCUT2D eigenvalue weighted by atomic mass is 10.2. The Kier molecular flexibility index (Phi) is 7.50. The Morgan fingerprint density at radius 1 is 1.10 bits per heavy atom. The molecule has 0 aliphatic heterocycles. The lowest BCUT2D eigenvalue weighted by Gasteiger charge is -2.11. The zero-order valence-electron chi connectivity index (χ0n) is 17.1. The molecule has 0 fully saturated rings. The van der Waals surface area contributed by atoms with Crippen molar-refractivity contribution in [3.8, 4) is 22.8 Å². The van der Waals surface area contributed by atoms with Crippen molar-refractivity contribution >= 4 is 23.4 Å². The maximum atomic E-state index is 12.3. The number of aromatic nitrogens is 1. The Balaban J connectivity index is 1.49. The lowest BCUT2D eigenvalue weighted by molar-refractivity contribution is -0.121. The number of carbonyl (C=O) groups excluding carboxylic acids is 2. The molecule has 0 spiro atoms. The largest absolute Gasteiger partial charge is 0.493 e. The monoisotopic (exact) mass is 443 g/mol. The van der Waals surface area contributed by atoms with Gasteiger partial charge in [0.25, 0.3) is 5.91 Å². The zero-order chi connectivity index (χ0) is 22.2. The van der Waals surface area contributed by atoms with Crippen LogP contribution in [-0.4, -0.2) is 30.5 Å². The Labute approximate surface area is 184 Å². The number of hydrogen-bond donors (Lipinski definition) is 2. The highest BCUT2D eigenvalue weighted by Crippen LogP contribution is 2.28. The first kappa shape index (κ1) is 22.2. The standard InChI is InChI=1S/C22H22ClN3O5/c1-3-30-17-9-6-15(12-18(17)29-2)22(28)26-25-20(27)10-11-21-24-13-19(31-21)14-4-7-16(23)8-5-14/h4-9,12-13H,3,10-11H2,1-2H3,(H,25,27)(H,26,28). The van der Waals surface area contributed by atoms with Crippen molar-refractivity contribution in [3.63, 3.8) is 0 Å². The average Bonchev–Trinajstić information content (AvgIpc) is 3.26. The van der Waals surface area contributed by atoms with Gasteiger partial charge >= 0.3 is 0 Å². The van der Waals surface area contributed by atoms with Gasteiger partial charge in [-0.1, -0.05) is 11.6 Å². The van der Waals surface area contributed by atoms with E-state index in [0.717, 1.165) is 5.56 Å². The summed E-state index contributed by atoms with van der Waals surface area (Å²) in [5, 5.41) is 0.630. The number of hydrogen-bond acceptors (Lipinski definition) is 6. The van der Waals surface area contributed by atoms with Crippen LogP contribution in [0.15, 0.2) is 53.1 Å². The number of halogens is 1. The molecule has 0 bridgehead atoms. The van der Waals surface area contributed by atoms with Crippen molar-refractivity contribution in [1.82, 2.24) is 15.8 Å². The Hall–Kier alpha value is -3.52. The second-order valence-corrected chi connectivity index (χ2v) is 6.86. The van der Waals surface area contributed by atoms with E-state index >= 15 is 0 Å². The number of aryl methyl sites for hydroxylation is 1. The van der Waals surface area contributed by atoms with Gasteiger partial charge in [-0.3, -0.25) is 20.4 Å². The summed E-state index contributed by atoms with van der Waals surface area (Å²) in [7, 11) is 1.49. The van der Waals surface area contributed by atoms with E-state index in [1.54, 1.807) is 30.5 Å². The molecule has 2 amide bonds. The fourth-order valence-electron chi connectivity index (χ4n) is 2.74. The van der Waals surface area contributed by atoms with E-state index < -0.39 is 5.91 Å². The number of amides is 2. The van der Waals surface area contributed by atoms with Gasteiger partial charge in [0.1, 0.15) is 0 Å². The van der Waals surface area contributed by atoms with Crippen molar-refractivity contribution in [2.24, 2.45) is 0 Å². The van der Waals surface area contributed by atoms with Crippen LogP contribution in [0.3, 0.4) is 0 Å². The molecule has 0 saturated carbocycles. The van der Waals surface area contributed by atoms with Crippen LogP contribution in [0.25, 0.3) is 11.3 Å². The molecule has 0 saturated heterocycles. The third-order valence-corrected chi connectivity index (χ3v) is 4.54. The van der Waals surface area contributed by atoms with E-state index in [1.165, 1.54) is 13.2 Å². The van der Waals surface area contributed by atoms with Crippen molar-refractivity contribution in [2.75, 3.05) is 13.7 Å². The molecule has 0 aliphatic carbocycles. The average molecular weight is 444 g/mol. The number of nitrogens with zero attached hydrogens (tertiary/aromatic N) is 1. The molecule has 2 aromatic carbocycles. The van der Waals surface area contributed by atoms with Crippen LogP contribution in [0, 0.1) is 0 Å². The van der Waals surface area contributed by atoms with E-state index in [-0.39, 0.29) is 18.7 Å². The maximum Gasteiger partial charge on any atom is 0.269 e. The molecular formula is C22H22ClN3O5. The number of oxazole rings is 1. The minimum atomic E-state index is -0.476. The predicted molar refractivity (Wildman–Crippen MR) is 115 cm³/mol. The zero-order valence-corrected chi connectivity index (χ0v) is 17.9. The molecule has 31 heavy (non-hydrogen) atoms. The van der Waals surface area contributed by atoms with Gasteiger partial charge in [-0.25, -0.2) is 4.98 Å². The Bertz CT molecular complexity index is 1050. The van der Waals surface area contributed by atoms with Crippen LogP contribution >= 0.6 is 11.6 Å². The molecule has 9 heteroatoms. The van der Waals surface area contributed by atoms with E-state index in [9.17, 15) is 9.59 Å². The minimum absolute atomic E-state index is 0.0907. The smallest absolute Gasteiger partial charge is 0.269 e. The molecule has 3 aromatic rings. The number of hydrazine groups is 1. The molecule has 0 unspecified atom stereocenters. The minimum Gasteiger partial charge on any atom is -0.493 e. The van der Waals surface area contributed by atoms with E-state index in [4.69, 9.17) is 25.5 Å². The quantitative estimate of drug-likeness (QED) is 0.513. The summed E-state index contributed by atoms with van der Waals surface area (Å²) in [5.74, 6) is 1.12. The van der Waals surface area contributed by atoms with E-state index in [0.29, 0.717) is 40.3 Å². The molecule has 1 aromatic heterocycles. The number of nitrogens with one attached hydrogen (secondary N) is 2. The molecule has 1 heterocycles. The van der Waals surface area contributed by atoms with E-state index in [1.807, 2.05) is 19.1 Å². The van der Waals surface area contributed by atoms with Crippen LogP contribution in [0.5, 0.6) is 11.5 Å². The number of benzene rings is 2. The highest BCUT2D eigenvalue weighted by Gasteiger charge is 2.13. The number of ether oxygens (including phenoxy) is 2. The first-order valence-corrected chi connectivity index (χ1v) is 9.98. The highest BCUT2D eigenvalue weighted by molar-refractivity contribution is 6.30. The van der Waals surface area contributed by atoms with Crippen LogP contribution in [0.4, 0.5) is 0 Å². The maximum absolute atomic E-state index is 12.3. The fourth-order valence-corrected chi connectivity index (χ4v) is 2.86. The van der Waals surface area contributed by atoms with Gasteiger partial charge in [0.05, 0.1) is 19.9 Å². The predicted octanol–water partition coefficient (Wildman–Crippen LogP) is 3.80. The SMILES string of the molecule is CCOc1ccc(C(=O)NNC(=O)CCc2ncc(-c3ccc(Cl)cc3)o2)cc1OC. The molecular weight excluding hydrogens is 422 g/mol. The van der Waals surface area contributed by atoms with Crippen LogP contribution in [0.2, 0.25) is 5.02 Å². The summed E-state index contributed by atoms with van der Waals surface area (Å²) >= 11 is 5.88. The van der Waals surface area contributed by atoms with Crippen molar-refractivity contribution in [3.05, 3.63) is 65.1 Å². The van der Waals surface area contributed by atoms with Crippen molar-refractivity contribution < 1.29 is 23.5 Å². The summed E-state index contributed by atoms with van der Waals surface area (Å²) in [6.45, 7) is 2.33. The summed E-state index contributed by atoms with van der Waals surface area (Å²) in [5.41, 5.74) is 5.91. The molecule has 0 atom stereocenters. The second kappa shape index (κ2) is 10.5. The third kappa shape index (κ3) is 5.99. The topological polar surface area (TPSA) is 103 Å². The van der Waals surface area contributed by atoms with Gasteiger partial charge in [-0.05, 0) is 49.4 Å². The molecule has 3 rings (SSSR count). The number of rotatable bonds is 8. The molecule has 8 nitrogen and oxygen atoms in total. The molecule has 0 aliphatic rings. The second-order valence-electron chi connectivity index (χ2n) is 6.43. The Morgan fingerprint density at radius 2 is 1.87 bits per heavy atom. The van der Waals surface area contributed by atoms with E-state index in [2.05, 4.69) is 15.8 Å². The van der Waals surface area contributed by atoms with Crippen LogP contribution in [0.1, 0.15) is 29.6 Å². The van der Waals surface area contributed by atoms with Crippen LogP contribution < -0.4 is 20.3 Å². The van der Waals surface area contributed by atoms with Gasteiger partial charge in [0.15, 0.2) is 23.1 Å². The first-order chi connectivity index (χ1) is 15.0. The molecule has 0 radical (unpaired) electrons. The fraction of sp³-hybridized carbons (Fsp3) is 0.227. The normalized spacial score (nSPS) is 10.4. The summed E-state index contributed by atoms with van der Waals surface area (Å²) in [6.07, 6.45) is 1.97. The summed E-state index contributed by atoms with van der Waals surface area (Å²) in [4.78, 5) is 28.5. The first-order valence-electron chi connectivity index (χ1n) is 9.60. The molecule has 162 valence electrons. The summed E-state index contributed by atoms with van der Waals surface area (Å²) in [6, 6.07) is 11.9. The van der Waals surface area contributed by atoms with Gasteiger partial charge in [-0.15, -0.1) is 0 Å². The van der Waals surface area contributed by atoms with Gasteiger partial charge in [-0.2, -0.15) is 0 Å². The van der Waals surface area contributed by atoms with Crippen LogP contribution in [-0.2, 0) is 11.2 Å².